The van der Waals surface area contributed by atoms with Crippen LogP contribution >= 0.6 is 0 Å². The summed E-state index contributed by atoms with van der Waals surface area (Å²) in [5, 5.41) is 5.77. The number of anilines is 1. The van der Waals surface area contributed by atoms with Gasteiger partial charge in [0.2, 0.25) is 5.91 Å². The van der Waals surface area contributed by atoms with Crippen molar-refractivity contribution in [2.24, 2.45) is 0 Å². The van der Waals surface area contributed by atoms with E-state index in [2.05, 4.69) is 10.6 Å². The van der Waals surface area contributed by atoms with Gasteiger partial charge in [0, 0.05) is 12.2 Å². The van der Waals surface area contributed by atoms with Crippen molar-refractivity contribution in [3.8, 4) is 0 Å². The van der Waals surface area contributed by atoms with Gasteiger partial charge in [-0.1, -0.05) is 66.7 Å². The number of hydrogen-bond donors (Lipinski definition) is 2. The van der Waals surface area contributed by atoms with E-state index in [9.17, 15) is 18.0 Å². The standard InChI is InChI=1S/C22H19F3N2O/c23-22(24,25)18-12-7-13-19(14-18)27-21(28)20(17-10-5-2-6-11-17)26-15-16-8-3-1-4-9-16/h1-14,20,26H,15H2,(H,27,28). The number of carbonyl (C=O) groups excluding carboxylic acids is 1. The number of amides is 1. The van der Waals surface area contributed by atoms with E-state index in [1.54, 1.807) is 12.1 Å². The molecule has 0 bridgehead atoms. The Hall–Kier alpha value is -3.12. The van der Waals surface area contributed by atoms with Crippen LogP contribution in [0.25, 0.3) is 0 Å². The van der Waals surface area contributed by atoms with Gasteiger partial charge in [-0.15, -0.1) is 0 Å². The first-order valence-electron chi connectivity index (χ1n) is 8.74. The molecule has 0 saturated carbocycles. The molecule has 3 aromatic rings. The highest BCUT2D eigenvalue weighted by Crippen LogP contribution is 2.31. The topological polar surface area (TPSA) is 41.1 Å². The van der Waals surface area contributed by atoms with Gasteiger partial charge < -0.3 is 5.32 Å². The van der Waals surface area contributed by atoms with Gasteiger partial charge in [-0.3, -0.25) is 10.1 Å². The molecule has 1 atom stereocenters. The van der Waals surface area contributed by atoms with E-state index in [0.717, 1.165) is 23.3 Å². The molecule has 144 valence electrons. The van der Waals surface area contributed by atoms with Crippen molar-refractivity contribution in [1.29, 1.82) is 0 Å². The Kier molecular flexibility index (Phi) is 6.11. The number of rotatable bonds is 6. The van der Waals surface area contributed by atoms with Gasteiger partial charge in [0.15, 0.2) is 0 Å². The van der Waals surface area contributed by atoms with Crippen LogP contribution in [-0.2, 0) is 17.5 Å². The lowest BCUT2D eigenvalue weighted by Crippen LogP contribution is -2.32. The molecule has 0 radical (unpaired) electrons. The molecule has 3 rings (SSSR count). The summed E-state index contributed by atoms with van der Waals surface area (Å²) in [6.45, 7) is 0.441. The van der Waals surface area contributed by atoms with Crippen LogP contribution in [0.1, 0.15) is 22.7 Å². The van der Waals surface area contributed by atoms with Crippen LogP contribution in [0.15, 0.2) is 84.9 Å². The van der Waals surface area contributed by atoms with Crippen molar-refractivity contribution in [2.75, 3.05) is 5.32 Å². The lowest BCUT2D eigenvalue weighted by molar-refractivity contribution is -0.137. The van der Waals surface area contributed by atoms with E-state index in [1.165, 1.54) is 12.1 Å². The molecule has 0 fully saturated rings. The summed E-state index contributed by atoms with van der Waals surface area (Å²) in [7, 11) is 0. The molecule has 0 spiro atoms. The molecule has 1 amide bonds. The predicted molar refractivity (Wildman–Crippen MR) is 103 cm³/mol. The van der Waals surface area contributed by atoms with Crippen LogP contribution in [0.5, 0.6) is 0 Å². The van der Waals surface area contributed by atoms with E-state index in [4.69, 9.17) is 0 Å². The van der Waals surface area contributed by atoms with Crippen molar-refractivity contribution in [2.45, 2.75) is 18.8 Å². The fraction of sp³-hybridized carbons (Fsp3) is 0.136. The number of nitrogens with one attached hydrogen (secondary N) is 2. The van der Waals surface area contributed by atoms with Gasteiger partial charge in [-0.05, 0) is 29.3 Å². The molecule has 3 aromatic carbocycles. The van der Waals surface area contributed by atoms with Gasteiger partial charge in [0.25, 0.3) is 0 Å². The van der Waals surface area contributed by atoms with Gasteiger partial charge >= 0.3 is 6.18 Å². The molecule has 0 saturated heterocycles. The molecular weight excluding hydrogens is 365 g/mol. The molecule has 1 unspecified atom stereocenters. The van der Waals surface area contributed by atoms with Crippen LogP contribution in [0.3, 0.4) is 0 Å². The Balaban J connectivity index is 1.79. The average molecular weight is 384 g/mol. The third kappa shape index (κ3) is 5.20. The first-order valence-corrected chi connectivity index (χ1v) is 8.74. The number of halogens is 3. The summed E-state index contributed by atoms with van der Waals surface area (Å²) < 4.78 is 38.7. The number of hydrogen-bond acceptors (Lipinski definition) is 2. The SMILES string of the molecule is O=C(Nc1cccc(C(F)(F)F)c1)C(NCc1ccccc1)c1ccccc1. The van der Waals surface area contributed by atoms with Crippen molar-refractivity contribution >= 4 is 11.6 Å². The summed E-state index contributed by atoms with van der Waals surface area (Å²) in [6.07, 6.45) is -4.47. The van der Waals surface area contributed by atoms with Gasteiger partial charge in [-0.2, -0.15) is 13.2 Å². The van der Waals surface area contributed by atoms with Gasteiger partial charge in [0.1, 0.15) is 6.04 Å². The molecular formula is C22H19F3N2O. The lowest BCUT2D eigenvalue weighted by atomic mass is 10.1. The highest BCUT2D eigenvalue weighted by Gasteiger charge is 2.30. The smallest absolute Gasteiger partial charge is 0.324 e. The van der Waals surface area contributed by atoms with Crippen molar-refractivity contribution < 1.29 is 18.0 Å². The average Bonchev–Trinajstić information content (AvgIpc) is 2.69. The number of benzene rings is 3. The summed E-state index contributed by atoms with van der Waals surface area (Å²) in [5.41, 5.74) is 1.01. The maximum absolute atomic E-state index is 12.9. The molecule has 0 aromatic heterocycles. The maximum atomic E-state index is 12.9. The minimum Gasteiger partial charge on any atom is -0.324 e. The third-order valence-corrected chi connectivity index (χ3v) is 4.21. The Morgan fingerprint density at radius 3 is 2.14 bits per heavy atom. The second kappa shape index (κ2) is 8.71. The second-order valence-corrected chi connectivity index (χ2v) is 6.28. The number of carbonyl (C=O) groups is 1. The van der Waals surface area contributed by atoms with Crippen LogP contribution in [0.4, 0.5) is 18.9 Å². The summed E-state index contributed by atoms with van der Waals surface area (Å²) >= 11 is 0. The fourth-order valence-electron chi connectivity index (χ4n) is 2.81. The maximum Gasteiger partial charge on any atom is 0.416 e. The quantitative estimate of drug-likeness (QED) is 0.615. The van der Waals surface area contributed by atoms with Crippen LogP contribution in [-0.4, -0.2) is 5.91 Å². The lowest BCUT2D eigenvalue weighted by Gasteiger charge is -2.19. The molecule has 0 heterocycles. The molecule has 0 aliphatic carbocycles. The van der Waals surface area contributed by atoms with Crippen molar-refractivity contribution in [1.82, 2.24) is 5.32 Å². The largest absolute Gasteiger partial charge is 0.416 e. The first-order chi connectivity index (χ1) is 13.4. The van der Waals surface area contributed by atoms with E-state index in [1.807, 2.05) is 48.5 Å². The zero-order valence-corrected chi connectivity index (χ0v) is 14.9. The van der Waals surface area contributed by atoms with Crippen molar-refractivity contribution in [3.05, 3.63) is 102 Å². The molecule has 2 N–H and O–H groups in total. The van der Waals surface area contributed by atoms with E-state index in [0.29, 0.717) is 6.54 Å². The predicted octanol–water partition coefficient (Wildman–Crippen LogP) is 5.18. The Morgan fingerprint density at radius 1 is 0.857 bits per heavy atom. The fourth-order valence-corrected chi connectivity index (χ4v) is 2.81. The van der Waals surface area contributed by atoms with E-state index >= 15 is 0 Å². The van der Waals surface area contributed by atoms with Crippen LogP contribution in [0.2, 0.25) is 0 Å². The normalized spacial score (nSPS) is 12.4. The summed E-state index contributed by atoms with van der Waals surface area (Å²) in [6, 6.07) is 22.5. The molecule has 3 nitrogen and oxygen atoms in total. The monoisotopic (exact) mass is 384 g/mol. The Morgan fingerprint density at radius 2 is 1.50 bits per heavy atom. The van der Waals surface area contributed by atoms with Gasteiger partial charge in [0.05, 0.1) is 5.56 Å². The van der Waals surface area contributed by atoms with Crippen LogP contribution < -0.4 is 10.6 Å². The van der Waals surface area contributed by atoms with E-state index in [-0.39, 0.29) is 5.69 Å². The summed E-state index contributed by atoms with van der Waals surface area (Å²) in [5.74, 6) is -0.429. The molecule has 0 aliphatic rings. The molecule has 6 heteroatoms. The highest BCUT2D eigenvalue weighted by molar-refractivity contribution is 5.95. The molecule has 28 heavy (non-hydrogen) atoms. The molecule has 0 aliphatic heterocycles. The Labute approximate surface area is 161 Å². The third-order valence-electron chi connectivity index (χ3n) is 4.21. The summed E-state index contributed by atoms with van der Waals surface area (Å²) in [4.78, 5) is 12.8. The first kappa shape index (κ1) is 19.6. The Bertz CT molecular complexity index is 912. The van der Waals surface area contributed by atoms with Gasteiger partial charge in [-0.25, -0.2) is 0 Å². The minimum absolute atomic E-state index is 0.0993. The van der Waals surface area contributed by atoms with Crippen LogP contribution in [0, 0.1) is 0 Å². The second-order valence-electron chi connectivity index (χ2n) is 6.28. The number of alkyl halides is 3. The minimum atomic E-state index is -4.47. The van der Waals surface area contributed by atoms with E-state index < -0.39 is 23.7 Å². The highest BCUT2D eigenvalue weighted by atomic mass is 19.4. The zero-order valence-electron chi connectivity index (χ0n) is 14.9. The zero-order chi connectivity index (χ0) is 20.0. The van der Waals surface area contributed by atoms with Crippen molar-refractivity contribution in [3.63, 3.8) is 0 Å².